The van der Waals surface area contributed by atoms with Crippen LogP contribution < -0.4 is 0 Å². The molecule has 0 heterocycles. The van der Waals surface area contributed by atoms with Crippen LogP contribution in [0.3, 0.4) is 0 Å². The van der Waals surface area contributed by atoms with Gasteiger partial charge in [0.25, 0.3) is 0 Å². The molecular weight excluding hydrogens is 396 g/mol. The van der Waals surface area contributed by atoms with Crippen LogP contribution in [0.5, 0.6) is 0 Å². The van der Waals surface area contributed by atoms with E-state index >= 15 is 0 Å². The molecule has 1 unspecified atom stereocenters. The Hall–Kier alpha value is -1.12. The second-order valence-corrected chi connectivity index (χ2v) is 14.0. The minimum absolute atomic E-state index is 0.0896. The minimum atomic E-state index is -0.556. The number of hydrogen-bond acceptors (Lipinski definition) is 2. The second-order valence-electron chi connectivity index (χ2n) is 14.0. The zero-order chi connectivity index (χ0) is 23.5. The maximum absolute atomic E-state index is 13.1. The maximum atomic E-state index is 13.1. The maximum Gasteiger partial charge on any atom is 0.309 e. The van der Waals surface area contributed by atoms with Crippen molar-refractivity contribution in [2.24, 2.45) is 56.7 Å². The summed E-state index contributed by atoms with van der Waals surface area (Å²) in [6, 6.07) is 0. The first-order valence-corrected chi connectivity index (χ1v) is 13.2. The number of carbonyl (C=O) groups excluding carboxylic acids is 1. The van der Waals surface area contributed by atoms with Crippen LogP contribution in [0.25, 0.3) is 0 Å². The van der Waals surface area contributed by atoms with Crippen LogP contribution in [0.2, 0.25) is 0 Å². The molecule has 0 bridgehead atoms. The summed E-state index contributed by atoms with van der Waals surface area (Å²) in [5.41, 5.74) is 0.842. The minimum Gasteiger partial charge on any atom is -0.481 e. The van der Waals surface area contributed by atoms with Gasteiger partial charge in [0.15, 0.2) is 0 Å². The number of carboxylic acids is 1. The highest BCUT2D eigenvalue weighted by molar-refractivity contribution is 5.88. The van der Waals surface area contributed by atoms with E-state index in [9.17, 15) is 14.7 Å². The lowest BCUT2D eigenvalue weighted by atomic mass is 9.34. The lowest BCUT2D eigenvalue weighted by Gasteiger charge is -2.70. The molecule has 0 aromatic rings. The molecule has 5 aliphatic carbocycles. The first-order valence-electron chi connectivity index (χ1n) is 13.2. The molecule has 5 fully saturated rings. The highest BCUT2D eigenvalue weighted by Crippen LogP contribution is 2.77. The van der Waals surface area contributed by atoms with E-state index in [0.29, 0.717) is 29.5 Å². The summed E-state index contributed by atoms with van der Waals surface area (Å²) in [6.45, 7) is 18.3. The monoisotopic (exact) mass is 440 g/mol. The van der Waals surface area contributed by atoms with Crippen molar-refractivity contribution in [3.63, 3.8) is 0 Å². The number of aliphatic carboxylic acids is 1. The van der Waals surface area contributed by atoms with Crippen LogP contribution in [0.15, 0.2) is 12.2 Å². The standard InChI is InChI=1S/C29H44O3/c1-17(2)18-10-13-29(24(31)32)15-14-27(6)19(23(18)29)8-9-21-26(5)16-22(30)25(3,4)20(26)11-12-28(21,27)7/h18-21,23H,1,8-16H2,2-7H3,(H,31,32)/t18-,19+,20?,21+,23+,26-,27+,28+,29-/m0/s1. The zero-order valence-electron chi connectivity index (χ0n) is 21.2. The van der Waals surface area contributed by atoms with Gasteiger partial charge in [-0.25, -0.2) is 0 Å². The molecule has 32 heavy (non-hydrogen) atoms. The molecule has 5 saturated carbocycles. The molecule has 0 aromatic heterocycles. The van der Waals surface area contributed by atoms with Gasteiger partial charge in [-0.1, -0.05) is 46.8 Å². The quantitative estimate of drug-likeness (QED) is 0.475. The molecule has 5 rings (SSSR count). The van der Waals surface area contributed by atoms with Crippen molar-refractivity contribution in [2.75, 3.05) is 0 Å². The van der Waals surface area contributed by atoms with E-state index < -0.39 is 11.4 Å². The topological polar surface area (TPSA) is 54.4 Å². The molecule has 5 aliphatic rings. The Balaban J connectivity index is 1.58. The third kappa shape index (κ3) is 2.39. The first-order chi connectivity index (χ1) is 14.8. The summed E-state index contributed by atoms with van der Waals surface area (Å²) in [5.74, 6) is 1.96. The van der Waals surface area contributed by atoms with Crippen molar-refractivity contribution in [1.29, 1.82) is 0 Å². The van der Waals surface area contributed by atoms with Crippen LogP contribution in [0.4, 0.5) is 0 Å². The lowest BCUT2D eigenvalue weighted by Crippen LogP contribution is -2.64. The van der Waals surface area contributed by atoms with Crippen molar-refractivity contribution in [2.45, 2.75) is 99.3 Å². The average molecular weight is 441 g/mol. The number of carbonyl (C=O) groups is 2. The molecule has 0 radical (unpaired) electrons. The SMILES string of the molecule is C=C(C)[C@@H]1CC[C@]2(C(=O)O)CC[C@]3(C)[C@H](CC[C@@H]4[C@@]5(C)CC(=O)C(C)(C)C5CC[C@]43C)[C@@H]12. The van der Waals surface area contributed by atoms with E-state index in [2.05, 4.69) is 48.1 Å². The van der Waals surface area contributed by atoms with Gasteiger partial charge in [-0.2, -0.15) is 0 Å². The molecule has 0 aliphatic heterocycles. The Morgan fingerprint density at radius 3 is 2.22 bits per heavy atom. The van der Waals surface area contributed by atoms with Crippen molar-refractivity contribution in [3.8, 4) is 0 Å². The molecule has 1 N–H and O–H groups in total. The van der Waals surface area contributed by atoms with E-state index in [1.165, 1.54) is 12.0 Å². The van der Waals surface area contributed by atoms with E-state index in [-0.39, 0.29) is 27.6 Å². The lowest BCUT2D eigenvalue weighted by molar-refractivity contribution is -0.221. The fourth-order valence-corrected chi connectivity index (χ4v) is 11.1. The van der Waals surface area contributed by atoms with Crippen molar-refractivity contribution < 1.29 is 14.7 Å². The molecule has 0 amide bonds. The van der Waals surface area contributed by atoms with E-state index in [4.69, 9.17) is 0 Å². The highest BCUT2D eigenvalue weighted by Gasteiger charge is 2.73. The number of Topliss-reactive ketones (excluding diaryl/α,β-unsaturated/α-hetero) is 1. The molecule has 0 saturated heterocycles. The zero-order valence-corrected chi connectivity index (χ0v) is 21.2. The summed E-state index contributed by atoms with van der Waals surface area (Å²) in [7, 11) is 0. The predicted octanol–water partition coefficient (Wildman–Crippen LogP) is 6.91. The van der Waals surface area contributed by atoms with Crippen LogP contribution >= 0.6 is 0 Å². The number of fused-ring (bicyclic) bond motifs is 7. The third-order valence-electron chi connectivity index (χ3n) is 12.9. The summed E-state index contributed by atoms with van der Waals surface area (Å²) >= 11 is 0. The van der Waals surface area contributed by atoms with Gasteiger partial charge >= 0.3 is 5.97 Å². The fourth-order valence-electron chi connectivity index (χ4n) is 11.1. The van der Waals surface area contributed by atoms with Gasteiger partial charge in [-0.15, -0.1) is 0 Å². The second kappa shape index (κ2) is 6.51. The summed E-state index contributed by atoms with van der Waals surface area (Å²) < 4.78 is 0. The van der Waals surface area contributed by atoms with Gasteiger partial charge in [0.05, 0.1) is 5.41 Å². The smallest absolute Gasteiger partial charge is 0.309 e. The van der Waals surface area contributed by atoms with Gasteiger partial charge in [0.1, 0.15) is 5.78 Å². The molecule has 0 aromatic carbocycles. The Labute approximate surface area is 194 Å². The fraction of sp³-hybridized carbons (Fsp3) is 0.862. The van der Waals surface area contributed by atoms with Gasteiger partial charge in [-0.3, -0.25) is 9.59 Å². The van der Waals surface area contributed by atoms with Crippen LogP contribution in [-0.2, 0) is 9.59 Å². The molecular formula is C29H44O3. The largest absolute Gasteiger partial charge is 0.481 e. The van der Waals surface area contributed by atoms with Crippen molar-refractivity contribution in [1.82, 2.24) is 0 Å². The van der Waals surface area contributed by atoms with E-state index in [1.54, 1.807) is 0 Å². The Morgan fingerprint density at radius 2 is 1.59 bits per heavy atom. The molecule has 0 spiro atoms. The van der Waals surface area contributed by atoms with Crippen LogP contribution in [0, 0.1) is 56.7 Å². The predicted molar refractivity (Wildman–Crippen MR) is 127 cm³/mol. The van der Waals surface area contributed by atoms with E-state index in [0.717, 1.165) is 51.4 Å². The summed E-state index contributed by atoms with van der Waals surface area (Å²) in [6.07, 6.45) is 8.99. The van der Waals surface area contributed by atoms with Crippen LogP contribution in [0.1, 0.15) is 99.3 Å². The van der Waals surface area contributed by atoms with Gasteiger partial charge in [-0.05, 0) is 104 Å². The number of hydrogen-bond donors (Lipinski definition) is 1. The Kier molecular flexibility index (Phi) is 4.61. The Bertz CT molecular complexity index is 887. The van der Waals surface area contributed by atoms with Gasteiger partial charge in [0, 0.05) is 11.8 Å². The van der Waals surface area contributed by atoms with Crippen LogP contribution in [-0.4, -0.2) is 16.9 Å². The van der Waals surface area contributed by atoms with Crippen molar-refractivity contribution in [3.05, 3.63) is 12.2 Å². The normalized spacial score (nSPS) is 53.7. The number of carboxylic acid groups (broad SMARTS) is 1. The Morgan fingerprint density at radius 1 is 0.906 bits per heavy atom. The molecule has 178 valence electrons. The molecule has 3 nitrogen and oxygen atoms in total. The van der Waals surface area contributed by atoms with Gasteiger partial charge < -0.3 is 5.11 Å². The van der Waals surface area contributed by atoms with Crippen molar-refractivity contribution >= 4 is 11.8 Å². The molecule has 3 heteroatoms. The summed E-state index contributed by atoms with van der Waals surface area (Å²) in [4.78, 5) is 25.8. The average Bonchev–Trinajstić information content (AvgIpc) is 3.17. The van der Waals surface area contributed by atoms with E-state index in [1.807, 2.05) is 0 Å². The first kappa shape index (κ1) is 22.7. The number of ketones is 1. The third-order valence-corrected chi connectivity index (χ3v) is 12.9. The summed E-state index contributed by atoms with van der Waals surface area (Å²) in [5, 5.41) is 10.5. The number of allylic oxidation sites excluding steroid dienone is 1. The highest BCUT2D eigenvalue weighted by atomic mass is 16.4. The molecule has 9 atom stereocenters. The number of rotatable bonds is 2. The van der Waals surface area contributed by atoms with Gasteiger partial charge in [0.2, 0.25) is 0 Å².